The summed E-state index contributed by atoms with van der Waals surface area (Å²) in [6.45, 7) is 10.7. The first kappa shape index (κ1) is 18.1. The number of benzene rings is 2. The molecule has 2 atom stereocenters. The monoisotopic (exact) mass is 345 g/mol. The van der Waals surface area contributed by atoms with Crippen LogP contribution in [0.2, 0.25) is 13.1 Å². The van der Waals surface area contributed by atoms with E-state index in [0.717, 1.165) is 0 Å². The highest BCUT2D eigenvalue weighted by atomic mass is 32.2. The molecule has 2 rings (SSSR count). The minimum Gasteiger partial charge on any atom is -0.242 e. The van der Waals surface area contributed by atoms with Gasteiger partial charge in [0.2, 0.25) is 0 Å². The zero-order chi connectivity index (χ0) is 17.1. The molecule has 0 unspecified atom stereocenters. The molecule has 0 aliphatic rings. The van der Waals surface area contributed by atoms with Gasteiger partial charge in [-0.25, -0.2) is 8.93 Å². The SMILES string of the molecule is CC(C)(C)[S@](=O)N[C@H](c1ccccc1)[Si](C)(C)c1ccccc1. The summed E-state index contributed by atoms with van der Waals surface area (Å²) in [6.07, 6.45) is 0. The van der Waals surface area contributed by atoms with Crippen LogP contribution < -0.4 is 9.91 Å². The van der Waals surface area contributed by atoms with Gasteiger partial charge in [-0.1, -0.05) is 78.9 Å². The van der Waals surface area contributed by atoms with Crippen molar-refractivity contribution in [2.75, 3.05) is 0 Å². The summed E-state index contributed by atoms with van der Waals surface area (Å²) in [7, 11) is -3.00. The van der Waals surface area contributed by atoms with Crippen molar-refractivity contribution in [2.45, 2.75) is 44.3 Å². The molecule has 0 aromatic heterocycles. The van der Waals surface area contributed by atoms with E-state index in [1.807, 2.05) is 32.9 Å². The van der Waals surface area contributed by atoms with Crippen molar-refractivity contribution in [1.29, 1.82) is 0 Å². The van der Waals surface area contributed by atoms with Crippen LogP contribution in [0.5, 0.6) is 0 Å². The Labute approximate surface area is 143 Å². The fourth-order valence-electron chi connectivity index (χ4n) is 2.60. The third kappa shape index (κ3) is 4.40. The molecular formula is C19H27NOSSi. The van der Waals surface area contributed by atoms with Gasteiger partial charge < -0.3 is 0 Å². The number of hydrogen-bond acceptors (Lipinski definition) is 1. The van der Waals surface area contributed by atoms with E-state index in [0.29, 0.717) is 0 Å². The number of nitrogens with one attached hydrogen (secondary N) is 1. The maximum absolute atomic E-state index is 12.7. The van der Waals surface area contributed by atoms with Crippen molar-refractivity contribution in [3.63, 3.8) is 0 Å². The van der Waals surface area contributed by atoms with Crippen molar-refractivity contribution in [3.05, 3.63) is 66.2 Å². The average Bonchev–Trinajstić information content (AvgIpc) is 2.53. The third-order valence-electron chi connectivity index (χ3n) is 4.15. The Balaban J connectivity index is 2.44. The molecule has 4 heteroatoms. The molecule has 0 aliphatic heterocycles. The molecule has 0 radical (unpaired) electrons. The zero-order valence-electron chi connectivity index (χ0n) is 14.7. The van der Waals surface area contributed by atoms with Crippen LogP contribution >= 0.6 is 0 Å². The lowest BCUT2D eigenvalue weighted by molar-refractivity contribution is 0.630. The van der Waals surface area contributed by atoms with Crippen molar-refractivity contribution >= 4 is 24.2 Å². The van der Waals surface area contributed by atoms with Crippen LogP contribution in [0.1, 0.15) is 32.0 Å². The van der Waals surface area contributed by atoms with Crippen LogP contribution in [0, 0.1) is 0 Å². The minimum absolute atomic E-state index is 0.103. The topological polar surface area (TPSA) is 29.1 Å². The fraction of sp³-hybridized carbons (Fsp3) is 0.368. The van der Waals surface area contributed by atoms with Crippen LogP contribution in [0.4, 0.5) is 0 Å². The fourth-order valence-corrected chi connectivity index (χ4v) is 7.21. The van der Waals surface area contributed by atoms with Crippen LogP contribution in [-0.2, 0) is 11.0 Å². The predicted octanol–water partition coefficient (Wildman–Crippen LogP) is 3.93. The summed E-state index contributed by atoms with van der Waals surface area (Å²) < 4.78 is 15.9. The maximum atomic E-state index is 12.7. The van der Waals surface area contributed by atoms with Gasteiger partial charge in [-0.05, 0) is 26.3 Å². The van der Waals surface area contributed by atoms with E-state index in [4.69, 9.17) is 0 Å². The van der Waals surface area contributed by atoms with Gasteiger partial charge in [0.05, 0.1) is 15.7 Å². The molecule has 0 fully saturated rings. The van der Waals surface area contributed by atoms with E-state index in [9.17, 15) is 4.21 Å². The molecule has 0 heterocycles. The van der Waals surface area contributed by atoms with Crippen LogP contribution in [-0.4, -0.2) is 17.0 Å². The van der Waals surface area contributed by atoms with Gasteiger partial charge in [-0.15, -0.1) is 0 Å². The quantitative estimate of drug-likeness (QED) is 0.817. The number of hydrogen-bond donors (Lipinski definition) is 1. The summed E-state index contributed by atoms with van der Waals surface area (Å²) in [5.41, 5.74) is 1.32. The van der Waals surface area contributed by atoms with Crippen molar-refractivity contribution in [3.8, 4) is 0 Å². The normalized spacial score (nSPS) is 15.2. The molecule has 0 aliphatic carbocycles. The van der Waals surface area contributed by atoms with Crippen LogP contribution in [0.15, 0.2) is 60.7 Å². The molecule has 2 aromatic rings. The lowest BCUT2D eigenvalue weighted by atomic mass is 10.2. The first-order valence-electron chi connectivity index (χ1n) is 8.01. The van der Waals surface area contributed by atoms with E-state index in [1.54, 1.807) is 0 Å². The van der Waals surface area contributed by atoms with Crippen LogP contribution in [0.3, 0.4) is 0 Å². The van der Waals surface area contributed by atoms with E-state index in [1.165, 1.54) is 10.8 Å². The van der Waals surface area contributed by atoms with E-state index >= 15 is 0 Å². The van der Waals surface area contributed by atoms with Gasteiger partial charge in [-0.3, -0.25) is 0 Å². The molecule has 0 saturated carbocycles. The summed E-state index contributed by atoms with van der Waals surface area (Å²) in [5.74, 6) is 0. The van der Waals surface area contributed by atoms with Gasteiger partial charge >= 0.3 is 0 Å². The first-order chi connectivity index (χ1) is 10.7. The highest BCUT2D eigenvalue weighted by Gasteiger charge is 2.37. The Kier molecular flexibility index (Phi) is 5.60. The second kappa shape index (κ2) is 7.12. The zero-order valence-corrected chi connectivity index (χ0v) is 16.5. The van der Waals surface area contributed by atoms with Crippen molar-refractivity contribution < 1.29 is 4.21 Å². The standard InChI is InChI=1S/C19H27NOSSi/c1-19(2,3)22(21)20-18(16-12-8-6-9-13-16)23(4,5)17-14-10-7-11-15-17/h6-15,18,20H,1-5H3/t18-,22-/m0/s1. The Morgan fingerprint density at radius 1 is 0.913 bits per heavy atom. The van der Waals surface area contributed by atoms with Crippen molar-refractivity contribution in [2.24, 2.45) is 0 Å². The predicted molar refractivity (Wildman–Crippen MR) is 104 cm³/mol. The summed E-state index contributed by atoms with van der Waals surface area (Å²) in [5, 5.41) is 1.37. The van der Waals surface area contributed by atoms with Gasteiger partial charge in [-0.2, -0.15) is 0 Å². The summed E-state index contributed by atoms with van der Waals surface area (Å²) >= 11 is 0. The highest BCUT2D eigenvalue weighted by molar-refractivity contribution is 7.84. The van der Waals surface area contributed by atoms with Gasteiger partial charge in [0.1, 0.15) is 8.07 Å². The Morgan fingerprint density at radius 2 is 1.39 bits per heavy atom. The Hall–Kier alpha value is -1.23. The van der Waals surface area contributed by atoms with Crippen LogP contribution in [0.25, 0.3) is 0 Å². The summed E-state index contributed by atoms with van der Waals surface area (Å²) in [4.78, 5) is 0. The molecule has 0 saturated heterocycles. The maximum Gasteiger partial charge on any atom is 0.105 e. The largest absolute Gasteiger partial charge is 0.242 e. The molecule has 0 spiro atoms. The molecule has 1 N–H and O–H groups in total. The molecule has 0 bridgehead atoms. The van der Waals surface area contributed by atoms with Gasteiger partial charge in [0.25, 0.3) is 0 Å². The molecule has 2 aromatic carbocycles. The van der Waals surface area contributed by atoms with Crippen molar-refractivity contribution in [1.82, 2.24) is 4.72 Å². The second-order valence-corrected chi connectivity index (χ2v) is 14.0. The lowest BCUT2D eigenvalue weighted by Crippen LogP contribution is -2.54. The third-order valence-corrected chi connectivity index (χ3v) is 9.67. The van der Waals surface area contributed by atoms with E-state index < -0.39 is 19.1 Å². The van der Waals surface area contributed by atoms with Gasteiger partial charge in [0, 0.05) is 5.67 Å². The number of rotatable bonds is 5. The average molecular weight is 346 g/mol. The van der Waals surface area contributed by atoms with E-state index in [2.05, 4.69) is 66.3 Å². The lowest BCUT2D eigenvalue weighted by Gasteiger charge is -2.35. The van der Waals surface area contributed by atoms with E-state index in [-0.39, 0.29) is 10.4 Å². The molecule has 23 heavy (non-hydrogen) atoms. The first-order valence-corrected chi connectivity index (χ1v) is 12.2. The molecule has 0 amide bonds. The molecule has 124 valence electrons. The highest BCUT2D eigenvalue weighted by Crippen LogP contribution is 2.26. The second-order valence-electron chi connectivity index (χ2n) is 7.43. The minimum atomic E-state index is -1.90. The Bertz CT molecular complexity index is 650. The smallest absolute Gasteiger partial charge is 0.105 e. The van der Waals surface area contributed by atoms with Gasteiger partial charge in [0.15, 0.2) is 0 Å². The Morgan fingerprint density at radius 3 is 1.87 bits per heavy atom. The molecular weight excluding hydrogens is 318 g/mol. The molecule has 2 nitrogen and oxygen atoms in total. The summed E-state index contributed by atoms with van der Waals surface area (Å²) in [6, 6.07) is 21.0.